The Morgan fingerprint density at radius 1 is 1.17 bits per heavy atom. The Labute approximate surface area is 173 Å². The number of nitrogens with one attached hydrogen (secondary N) is 1. The van der Waals surface area contributed by atoms with Gasteiger partial charge in [0, 0.05) is 18.8 Å². The van der Waals surface area contributed by atoms with E-state index in [9.17, 15) is 9.59 Å². The van der Waals surface area contributed by atoms with E-state index in [-0.39, 0.29) is 17.7 Å². The van der Waals surface area contributed by atoms with Crippen LogP contribution in [0.4, 0.5) is 5.69 Å². The molecule has 1 aliphatic heterocycles. The number of likely N-dealkylation sites (tertiary alicyclic amines) is 1. The van der Waals surface area contributed by atoms with Crippen molar-refractivity contribution in [1.29, 1.82) is 0 Å². The van der Waals surface area contributed by atoms with Gasteiger partial charge in [0.1, 0.15) is 10.6 Å². The number of nitrogens with zero attached hydrogens (tertiary/aromatic N) is 2. The normalized spacial score (nSPS) is 16.6. The fourth-order valence-electron chi connectivity index (χ4n) is 3.53. The van der Waals surface area contributed by atoms with E-state index in [1.807, 2.05) is 56.3 Å². The average molecular weight is 410 g/mol. The van der Waals surface area contributed by atoms with E-state index >= 15 is 0 Å². The number of aromatic nitrogens is 1. The molecule has 0 bridgehead atoms. The minimum atomic E-state index is -0.215. The van der Waals surface area contributed by atoms with Gasteiger partial charge in [-0.25, -0.2) is 4.98 Å². The molecule has 1 saturated heterocycles. The Morgan fingerprint density at radius 3 is 2.69 bits per heavy atom. The van der Waals surface area contributed by atoms with Gasteiger partial charge in [-0.1, -0.05) is 18.2 Å². The molecule has 0 aliphatic carbocycles. The molecular weight excluding hydrogens is 386 g/mol. The molecule has 150 valence electrons. The molecule has 1 N–H and O–H groups in total. The van der Waals surface area contributed by atoms with E-state index in [1.54, 1.807) is 4.90 Å². The number of carbonyl (C=O) groups excluding carboxylic acids is 2. The van der Waals surface area contributed by atoms with Gasteiger partial charge in [0.25, 0.3) is 5.91 Å². The monoisotopic (exact) mass is 409 g/mol. The Hall–Kier alpha value is -2.93. The number of furan rings is 1. The van der Waals surface area contributed by atoms with Gasteiger partial charge >= 0.3 is 0 Å². The summed E-state index contributed by atoms with van der Waals surface area (Å²) in [4.78, 5) is 32.7. The smallest absolute Gasteiger partial charge is 0.265 e. The van der Waals surface area contributed by atoms with E-state index in [2.05, 4.69) is 10.3 Å². The van der Waals surface area contributed by atoms with Crippen molar-refractivity contribution < 1.29 is 14.0 Å². The first-order valence-corrected chi connectivity index (χ1v) is 10.5. The summed E-state index contributed by atoms with van der Waals surface area (Å²) in [6.45, 7) is 4.79. The van der Waals surface area contributed by atoms with Crippen LogP contribution in [0.3, 0.4) is 0 Å². The summed E-state index contributed by atoms with van der Waals surface area (Å²) in [6, 6.07) is 13.2. The minimum Gasteiger partial charge on any atom is -0.459 e. The topological polar surface area (TPSA) is 75.4 Å². The number of aryl methyl sites for hydroxylation is 2. The lowest BCUT2D eigenvalue weighted by molar-refractivity contribution is -0.121. The summed E-state index contributed by atoms with van der Waals surface area (Å²) in [6.07, 6.45) is 1.59. The zero-order valence-corrected chi connectivity index (χ0v) is 17.3. The lowest BCUT2D eigenvalue weighted by Gasteiger charge is -2.31. The van der Waals surface area contributed by atoms with Crippen LogP contribution < -0.4 is 5.32 Å². The number of hydrogen-bond donors (Lipinski definition) is 1. The van der Waals surface area contributed by atoms with Crippen molar-refractivity contribution in [2.75, 3.05) is 18.4 Å². The lowest BCUT2D eigenvalue weighted by atomic mass is 9.96. The molecule has 1 aromatic carbocycles. The number of piperidine rings is 1. The first kappa shape index (κ1) is 19.4. The number of hydrogen-bond acceptors (Lipinski definition) is 5. The highest BCUT2D eigenvalue weighted by Crippen LogP contribution is 2.31. The summed E-state index contributed by atoms with van der Waals surface area (Å²) in [5.74, 6) is 1.17. The van der Waals surface area contributed by atoms with Gasteiger partial charge in [0.2, 0.25) is 5.91 Å². The van der Waals surface area contributed by atoms with Crippen LogP contribution in [0.1, 0.15) is 34.0 Å². The Morgan fingerprint density at radius 2 is 1.97 bits per heavy atom. The number of amides is 2. The summed E-state index contributed by atoms with van der Waals surface area (Å²) >= 11 is 1.34. The summed E-state index contributed by atoms with van der Waals surface area (Å²) in [5.41, 5.74) is 1.47. The molecule has 7 heteroatoms. The van der Waals surface area contributed by atoms with Crippen LogP contribution in [0.15, 0.2) is 46.9 Å². The third-order valence-electron chi connectivity index (χ3n) is 5.06. The van der Waals surface area contributed by atoms with Gasteiger partial charge in [-0.05, 0) is 51.0 Å². The molecule has 2 amide bonds. The first-order chi connectivity index (χ1) is 14.0. The minimum absolute atomic E-state index is 0.0403. The SMILES string of the molecule is Cc1ccc(-c2nc(C)c(C(=O)N3CCCC(C(=O)Nc4ccccc4)C3)s2)o1. The maximum absolute atomic E-state index is 13.1. The second-order valence-electron chi connectivity index (χ2n) is 7.29. The van der Waals surface area contributed by atoms with Crippen molar-refractivity contribution in [3.05, 3.63) is 58.8 Å². The molecule has 0 saturated carbocycles. The molecule has 1 aliphatic rings. The van der Waals surface area contributed by atoms with Gasteiger partial charge in [-0.3, -0.25) is 9.59 Å². The van der Waals surface area contributed by atoms with Gasteiger partial charge in [-0.15, -0.1) is 11.3 Å². The van der Waals surface area contributed by atoms with Crippen LogP contribution in [0, 0.1) is 19.8 Å². The first-order valence-electron chi connectivity index (χ1n) is 9.70. The maximum atomic E-state index is 13.1. The fraction of sp³-hybridized carbons (Fsp3) is 0.318. The molecule has 1 fully saturated rings. The highest BCUT2D eigenvalue weighted by molar-refractivity contribution is 7.17. The van der Waals surface area contributed by atoms with E-state index in [4.69, 9.17) is 4.42 Å². The molecule has 2 aromatic heterocycles. The van der Waals surface area contributed by atoms with Crippen LogP contribution in [0.25, 0.3) is 10.8 Å². The van der Waals surface area contributed by atoms with Gasteiger partial charge in [-0.2, -0.15) is 0 Å². The summed E-state index contributed by atoms with van der Waals surface area (Å²) < 4.78 is 5.64. The quantitative estimate of drug-likeness (QED) is 0.688. The van der Waals surface area contributed by atoms with Crippen molar-refractivity contribution >= 4 is 28.8 Å². The predicted molar refractivity (Wildman–Crippen MR) is 113 cm³/mol. The van der Waals surface area contributed by atoms with E-state index in [0.717, 1.165) is 24.3 Å². The number of anilines is 1. The zero-order valence-electron chi connectivity index (χ0n) is 16.5. The number of rotatable bonds is 4. The molecule has 3 heterocycles. The van der Waals surface area contributed by atoms with Crippen LogP contribution >= 0.6 is 11.3 Å². The largest absolute Gasteiger partial charge is 0.459 e. The summed E-state index contributed by atoms with van der Waals surface area (Å²) in [7, 11) is 0. The highest BCUT2D eigenvalue weighted by atomic mass is 32.1. The molecule has 6 nitrogen and oxygen atoms in total. The number of para-hydroxylation sites is 1. The maximum Gasteiger partial charge on any atom is 0.265 e. The molecule has 1 unspecified atom stereocenters. The number of carbonyl (C=O) groups is 2. The number of thiazole rings is 1. The Balaban J connectivity index is 1.46. The van der Waals surface area contributed by atoms with Gasteiger partial charge < -0.3 is 14.6 Å². The van der Waals surface area contributed by atoms with Crippen LogP contribution in [0.2, 0.25) is 0 Å². The molecule has 0 radical (unpaired) electrons. The van der Waals surface area contributed by atoms with E-state index < -0.39 is 0 Å². The van der Waals surface area contributed by atoms with Crippen molar-refractivity contribution in [2.45, 2.75) is 26.7 Å². The van der Waals surface area contributed by atoms with Crippen LogP contribution in [-0.4, -0.2) is 34.8 Å². The van der Waals surface area contributed by atoms with Gasteiger partial charge in [0.15, 0.2) is 10.8 Å². The third kappa shape index (κ3) is 4.24. The van der Waals surface area contributed by atoms with E-state index in [0.29, 0.717) is 34.4 Å². The molecule has 3 aromatic rings. The van der Waals surface area contributed by atoms with Crippen LogP contribution in [0.5, 0.6) is 0 Å². The second-order valence-corrected chi connectivity index (χ2v) is 8.29. The fourth-order valence-corrected chi connectivity index (χ4v) is 4.53. The van der Waals surface area contributed by atoms with E-state index in [1.165, 1.54) is 11.3 Å². The molecular formula is C22H23N3O3S. The lowest BCUT2D eigenvalue weighted by Crippen LogP contribution is -2.43. The number of benzene rings is 1. The van der Waals surface area contributed by atoms with Crippen molar-refractivity contribution in [3.63, 3.8) is 0 Å². The molecule has 4 rings (SSSR count). The highest BCUT2D eigenvalue weighted by Gasteiger charge is 2.31. The van der Waals surface area contributed by atoms with Gasteiger partial charge in [0.05, 0.1) is 11.6 Å². The average Bonchev–Trinajstić information content (AvgIpc) is 3.34. The van der Waals surface area contributed by atoms with Crippen molar-refractivity contribution in [1.82, 2.24) is 9.88 Å². The molecule has 29 heavy (non-hydrogen) atoms. The summed E-state index contributed by atoms with van der Waals surface area (Å²) in [5, 5.41) is 3.65. The van der Waals surface area contributed by atoms with Crippen molar-refractivity contribution in [2.24, 2.45) is 5.92 Å². The molecule has 0 spiro atoms. The Bertz CT molecular complexity index is 1030. The standard InChI is InChI=1S/C22H23N3O3S/c1-14-10-11-18(28-14)21-23-15(2)19(29-21)22(27)25-12-6-7-16(13-25)20(26)24-17-8-4-3-5-9-17/h3-5,8-11,16H,6-7,12-13H2,1-2H3,(H,24,26). The van der Waals surface area contributed by atoms with Crippen LogP contribution in [-0.2, 0) is 4.79 Å². The molecule has 1 atom stereocenters. The zero-order chi connectivity index (χ0) is 20.4. The van der Waals surface area contributed by atoms with Crippen molar-refractivity contribution in [3.8, 4) is 10.8 Å². The Kier molecular flexibility index (Phi) is 5.49. The third-order valence-corrected chi connectivity index (χ3v) is 6.22. The predicted octanol–water partition coefficient (Wildman–Crippen LogP) is 4.51. The second kappa shape index (κ2) is 8.21.